The van der Waals surface area contributed by atoms with Crippen LogP contribution >= 0.6 is 0 Å². The maximum Gasteiger partial charge on any atom is 0.0824 e. The molecule has 0 radical (unpaired) electrons. The first-order valence-electron chi connectivity index (χ1n) is 4.35. The molecule has 0 aliphatic rings. The largest absolute Gasteiger partial charge is 0.504 e. The van der Waals surface area contributed by atoms with Crippen LogP contribution in [0.3, 0.4) is 0 Å². The molecule has 0 bridgehead atoms. The number of ether oxygens (including phenoxy) is 1. The standard InChI is InChI=1S/C11H18O/c1-4-5-8-11(2)9-6-7-10-12-3/h6-7,9-10H,2,4-5,8H2,1,3H3/b9-6-,10-7+. The maximum atomic E-state index is 4.74. The lowest BCUT2D eigenvalue weighted by molar-refractivity contribution is 0.338. The summed E-state index contributed by atoms with van der Waals surface area (Å²) in [7, 11) is 1.64. The van der Waals surface area contributed by atoms with E-state index in [0.717, 1.165) is 6.42 Å². The van der Waals surface area contributed by atoms with Crippen LogP contribution in [0.1, 0.15) is 26.2 Å². The first-order valence-corrected chi connectivity index (χ1v) is 4.35. The van der Waals surface area contributed by atoms with Gasteiger partial charge in [-0.3, -0.25) is 0 Å². The summed E-state index contributed by atoms with van der Waals surface area (Å²) >= 11 is 0. The predicted molar refractivity (Wildman–Crippen MR) is 54.0 cm³/mol. The Kier molecular flexibility index (Phi) is 7.46. The second kappa shape index (κ2) is 8.12. The van der Waals surface area contributed by atoms with E-state index in [2.05, 4.69) is 13.5 Å². The molecule has 12 heavy (non-hydrogen) atoms. The minimum absolute atomic E-state index is 1.09. The number of methoxy groups -OCH3 is 1. The van der Waals surface area contributed by atoms with Gasteiger partial charge in [-0.15, -0.1) is 0 Å². The van der Waals surface area contributed by atoms with Crippen molar-refractivity contribution in [1.82, 2.24) is 0 Å². The molecule has 0 aliphatic heterocycles. The van der Waals surface area contributed by atoms with E-state index in [0.29, 0.717) is 0 Å². The number of allylic oxidation sites excluding steroid dienone is 4. The van der Waals surface area contributed by atoms with Crippen molar-refractivity contribution in [1.29, 1.82) is 0 Å². The molecule has 0 aromatic heterocycles. The molecule has 0 N–H and O–H groups in total. The zero-order valence-electron chi connectivity index (χ0n) is 8.05. The molecule has 0 atom stereocenters. The van der Waals surface area contributed by atoms with Crippen molar-refractivity contribution >= 4 is 0 Å². The van der Waals surface area contributed by atoms with Gasteiger partial charge in [0.05, 0.1) is 13.4 Å². The third-order valence-corrected chi connectivity index (χ3v) is 1.51. The Morgan fingerprint density at radius 1 is 1.42 bits per heavy atom. The molecule has 0 aromatic carbocycles. The average Bonchev–Trinajstić information content (AvgIpc) is 2.09. The maximum absolute atomic E-state index is 4.74. The third kappa shape index (κ3) is 7.13. The van der Waals surface area contributed by atoms with Crippen LogP contribution in [-0.2, 0) is 4.74 Å². The molecule has 0 aliphatic carbocycles. The number of rotatable bonds is 6. The Morgan fingerprint density at radius 2 is 2.17 bits per heavy atom. The molecule has 0 saturated heterocycles. The quantitative estimate of drug-likeness (QED) is 0.434. The molecule has 0 spiro atoms. The Balaban J connectivity index is 3.53. The van der Waals surface area contributed by atoms with E-state index >= 15 is 0 Å². The second-order valence-electron chi connectivity index (χ2n) is 2.69. The molecule has 0 rings (SSSR count). The van der Waals surface area contributed by atoms with Crippen LogP contribution in [0.2, 0.25) is 0 Å². The Morgan fingerprint density at radius 3 is 2.75 bits per heavy atom. The minimum Gasteiger partial charge on any atom is -0.504 e. The van der Waals surface area contributed by atoms with Gasteiger partial charge in [0.2, 0.25) is 0 Å². The third-order valence-electron chi connectivity index (χ3n) is 1.51. The summed E-state index contributed by atoms with van der Waals surface area (Å²) in [5, 5.41) is 0. The molecule has 0 heterocycles. The monoisotopic (exact) mass is 166 g/mol. The van der Waals surface area contributed by atoms with Gasteiger partial charge >= 0.3 is 0 Å². The van der Waals surface area contributed by atoms with Crippen LogP contribution in [0.5, 0.6) is 0 Å². The van der Waals surface area contributed by atoms with Crippen molar-refractivity contribution in [2.24, 2.45) is 0 Å². The Hall–Kier alpha value is -0.980. The SMILES string of the molecule is C=C(/C=C\C=C\OC)CCCC. The molecule has 0 aromatic rings. The summed E-state index contributed by atoms with van der Waals surface area (Å²) in [5.41, 5.74) is 1.18. The van der Waals surface area contributed by atoms with Gasteiger partial charge in [-0.05, 0) is 18.9 Å². The van der Waals surface area contributed by atoms with E-state index in [1.54, 1.807) is 13.4 Å². The highest BCUT2D eigenvalue weighted by Gasteiger charge is 1.85. The van der Waals surface area contributed by atoms with Gasteiger partial charge in [0, 0.05) is 0 Å². The molecule has 0 fully saturated rings. The molecule has 0 saturated carbocycles. The van der Waals surface area contributed by atoms with E-state index in [4.69, 9.17) is 4.74 Å². The lowest BCUT2D eigenvalue weighted by Gasteiger charge is -1.95. The van der Waals surface area contributed by atoms with Gasteiger partial charge in [0.15, 0.2) is 0 Å². The van der Waals surface area contributed by atoms with Crippen LogP contribution in [0.4, 0.5) is 0 Å². The summed E-state index contributed by atoms with van der Waals surface area (Å²) in [5.74, 6) is 0. The van der Waals surface area contributed by atoms with E-state index < -0.39 is 0 Å². The zero-order chi connectivity index (χ0) is 9.23. The Labute approximate surface area is 75.4 Å². The highest BCUT2D eigenvalue weighted by atomic mass is 16.5. The summed E-state index contributed by atoms with van der Waals surface area (Å²) in [6.07, 6.45) is 11.0. The number of hydrogen-bond acceptors (Lipinski definition) is 1. The topological polar surface area (TPSA) is 9.23 Å². The van der Waals surface area contributed by atoms with Gasteiger partial charge in [-0.2, -0.15) is 0 Å². The predicted octanol–water partition coefficient (Wildman–Crippen LogP) is 3.45. The van der Waals surface area contributed by atoms with E-state index in [-0.39, 0.29) is 0 Å². The zero-order valence-corrected chi connectivity index (χ0v) is 8.05. The fourth-order valence-electron chi connectivity index (χ4n) is 0.803. The minimum atomic E-state index is 1.09. The highest BCUT2D eigenvalue weighted by molar-refractivity contribution is 5.18. The van der Waals surface area contributed by atoms with E-state index in [9.17, 15) is 0 Å². The molecule has 0 unspecified atom stereocenters. The number of unbranched alkanes of at least 4 members (excludes halogenated alkanes) is 1. The summed E-state index contributed by atoms with van der Waals surface area (Å²) in [4.78, 5) is 0. The van der Waals surface area contributed by atoms with Crippen LogP contribution in [0.15, 0.2) is 36.6 Å². The summed E-state index contributed by atoms with van der Waals surface area (Å²) in [6.45, 7) is 6.11. The van der Waals surface area contributed by atoms with Gasteiger partial charge in [0.1, 0.15) is 0 Å². The van der Waals surface area contributed by atoms with Gasteiger partial charge in [0.25, 0.3) is 0 Å². The fourth-order valence-corrected chi connectivity index (χ4v) is 0.803. The number of hydrogen-bond donors (Lipinski definition) is 0. The van der Waals surface area contributed by atoms with Crippen molar-refractivity contribution in [2.75, 3.05) is 7.11 Å². The average molecular weight is 166 g/mol. The summed E-state index contributed by atoms with van der Waals surface area (Å²) in [6, 6.07) is 0. The molecular formula is C11H18O. The van der Waals surface area contributed by atoms with Crippen molar-refractivity contribution in [3.63, 3.8) is 0 Å². The van der Waals surface area contributed by atoms with Crippen LogP contribution in [-0.4, -0.2) is 7.11 Å². The van der Waals surface area contributed by atoms with Gasteiger partial charge < -0.3 is 4.74 Å². The Bertz CT molecular complexity index is 166. The molecule has 0 amide bonds. The molecule has 68 valence electrons. The second-order valence-corrected chi connectivity index (χ2v) is 2.69. The lowest BCUT2D eigenvalue weighted by Crippen LogP contribution is -1.75. The fraction of sp³-hybridized carbons (Fsp3) is 0.455. The first-order chi connectivity index (χ1) is 5.81. The van der Waals surface area contributed by atoms with Crippen molar-refractivity contribution in [3.8, 4) is 0 Å². The van der Waals surface area contributed by atoms with Gasteiger partial charge in [-0.25, -0.2) is 0 Å². The first kappa shape index (κ1) is 11.0. The van der Waals surface area contributed by atoms with Gasteiger partial charge in [-0.1, -0.05) is 37.6 Å². The summed E-state index contributed by atoms with van der Waals surface area (Å²) < 4.78 is 4.74. The van der Waals surface area contributed by atoms with Crippen LogP contribution in [0, 0.1) is 0 Å². The van der Waals surface area contributed by atoms with Crippen molar-refractivity contribution in [3.05, 3.63) is 36.6 Å². The van der Waals surface area contributed by atoms with E-state index in [1.165, 1.54) is 18.4 Å². The van der Waals surface area contributed by atoms with E-state index in [1.807, 2.05) is 18.2 Å². The highest BCUT2D eigenvalue weighted by Crippen LogP contribution is 2.05. The van der Waals surface area contributed by atoms with Crippen molar-refractivity contribution in [2.45, 2.75) is 26.2 Å². The molecule has 1 nitrogen and oxygen atoms in total. The molecule has 1 heteroatoms. The smallest absolute Gasteiger partial charge is 0.0824 e. The lowest BCUT2D eigenvalue weighted by atomic mass is 10.1. The molecular weight excluding hydrogens is 148 g/mol. The van der Waals surface area contributed by atoms with Crippen LogP contribution in [0.25, 0.3) is 0 Å². The van der Waals surface area contributed by atoms with Crippen LogP contribution < -0.4 is 0 Å². The van der Waals surface area contributed by atoms with Crippen molar-refractivity contribution < 1.29 is 4.74 Å². The normalized spacial score (nSPS) is 11.2.